The van der Waals surface area contributed by atoms with Crippen LogP contribution in [0.1, 0.15) is 5.56 Å². The van der Waals surface area contributed by atoms with Gasteiger partial charge in [0.2, 0.25) is 0 Å². The van der Waals surface area contributed by atoms with Crippen LogP contribution >= 0.6 is 0 Å². The van der Waals surface area contributed by atoms with Gasteiger partial charge in [-0.15, -0.1) is 0 Å². The third kappa shape index (κ3) is 4.30. The van der Waals surface area contributed by atoms with E-state index in [1.54, 1.807) is 0 Å². The van der Waals surface area contributed by atoms with E-state index >= 15 is 0 Å². The van der Waals surface area contributed by atoms with Crippen LogP contribution in [0, 0.1) is 0 Å². The van der Waals surface area contributed by atoms with Gasteiger partial charge in [-0.2, -0.15) is 0 Å². The number of esters is 1. The van der Waals surface area contributed by atoms with Crippen molar-refractivity contribution >= 4 is 17.6 Å². The first-order valence-corrected chi connectivity index (χ1v) is 7.84. The highest BCUT2D eigenvalue weighted by Gasteiger charge is 2.31. The molecule has 0 aliphatic heterocycles. The molecule has 2 aromatic carbocycles. The van der Waals surface area contributed by atoms with Crippen molar-refractivity contribution in [2.24, 2.45) is 0 Å². The lowest BCUT2D eigenvalue weighted by atomic mass is 10.0. The number of phenols is 4. The molecule has 2 rings (SSSR count). The Bertz CT molecular complexity index is 878. The van der Waals surface area contributed by atoms with Crippen LogP contribution in [0.25, 0.3) is 0 Å². The summed E-state index contributed by atoms with van der Waals surface area (Å²) in [5.41, 5.74) is 0.583. The molecule has 0 saturated carbocycles. The number of carbonyl (C=O) groups is 2. The first-order chi connectivity index (χ1) is 12.8. The summed E-state index contributed by atoms with van der Waals surface area (Å²) in [6, 6.07) is 6.49. The summed E-state index contributed by atoms with van der Waals surface area (Å²) < 4.78 is 4.80. The number of ether oxygens (including phenoxy) is 1. The van der Waals surface area contributed by atoms with Crippen molar-refractivity contribution in [3.05, 3.63) is 54.6 Å². The van der Waals surface area contributed by atoms with Crippen LogP contribution in [-0.2, 0) is 20.7 Å². The molecule has 4 N–H and O–H groups in total. The largest absolute Gasteiger partial charge is 0.504 e. The molecule has 0 heterocycles. The Balaban J connectivity index is 2.51. The number of methoxy groups -OCH3 is 1. The van der Waals surface area contributed by atoms with Gasteiger partial charge in [-0.1, -0.05) is 12.6 Å². The summed E-state index contributed by atoms with van der Waals surface area (Å²) in [5.74, 6) is -2.94. The highest BCUT2D eigenvalue weighted by molar-refractivity contribution is 6.05. The minimum atomic E-state index is -1.16. The summed E-state index contributed by atoms with van der Waals surface area (Å²) in [6.07, 6.45) is 0.940. The number of anilines is 1. The van der Waals surface area contributed by atoms with Crippen molar-refractivity contribution < 1.29 is 34.8 Å². The topological polar surface area (TPSA) is 128 Å². The van der Waals surface area contributed by atoms with Crippen molar-refractivity contribution in [3.8, 4) is 23.0 Å². The molecule has 0 saturated heterocycles. The fourth-order valence-electron chi connectivity index (χ4n) is 2.56. The normalized spacial score (nSPS) is 11.4. The van der Waals surface area contributed by atoms with Crippen molar-refractivity contribution in [3.63, 3.8) is 0 Å². The molecule has 0 fully saturated rings. The number of benzene rings is 2. The highest BCUT2D eigenvalue weighted by Crippen LogP contribution is 2.32. The molecule has 0 spiro atoms. The molecule has 2 aromatic rings. The van der Waals surface area contributed by atoms with Crippen molar-refractivity contribution in [1.29, 1.82) is 0 Å². The molecule has 0 aliphatic carbocycles. The van der Waals surface area contributed by atoms with E-state index in [2.05, 4.69) is 6.58 Å². The third-order valence-corrected chi connectivity index (χ3v) is 3.90. The minimum absolute atomic E-state index is 0.0538. The standard InChI is InChI=1S/C19H19NO7/c1-3-18(25)20(12-5-7-15(22)17(24)10-12)13(19(26)27-2)8-11-4-6-14(21)16(23)9-11/h3-7,9-10,13,21-24H,1,8H2,2H3/t13-/m1/s1. The fourth-order valence-corrected chi connectivity index (χ4v) is 2.56. The van der Waals surface area contributed by atoms with Crippen LogP contribution < -0.4 is 4.90 Å². The SMILES string of the molecule is C=CC(=O)N(c1ccc(O)c(O)c1)[C@H](Cc1ccc(O)c(O)c1)C(=O)OC. The van der Waals surface area contributed by atoms with E-state index in [-0.39, 0.29) is 29.4 Å². The Morgan fingerprint density at radius 3 is 2.15 bits per heavy atom. The maximum Gasteiger partial charge on any atom is 0.329 e. The van der Waals surface area contributed by atoms with Crippen LogP contribution in [0.2, 0.25) is 0 Å². The van der Waals surface area contributed by atoms with Crippen LogP contribution in [0.5, 0.6) is 23.0 Å². The molecule has 0 aromatic heterocycles. The molecule has 27 heavy (non-hydrogen) atoms. The molecule has 0 aliphatic rings. The molecule has 0 radical (unpaired) electrons. The Hall–Kier alpha value is -3.68. The average molecular weight is 373 g/mol. The lowest BCUT2D eigenvalue weighted by Crippen LogP contribution is -2.46. The van der Waals surface area contributed by atoms with Gasteiger partial charge in [-0.3, -0.25) is 9.69 Å². The van der Waals surface area contributed by atoms with E-state index < -0.39 is 23.7 Å². The quantitative estimate of drug-likeness (QED) is 0.345. The third-order valence-electron chi connectivity index (χ3n) is 3.90. The highest BCUT2D eigenvalue weighted by atomic mass is 16.5. The zero-order valence-electron chi connectivity index (χ0n) is 14.5. The maximum atomic E-state index is 12.4. The lowest BCUT2D eigenvalue weighted by Gasteiger charge is -2.29. The number of hydrogen-bond donors (Lipinski definition) is 4. The molecule has 0 unspecified atom stereocenters. The number of carbonyl (C=O) groups excluding carboxylic acids is 2. The second-order valence-electron chi connectivity index (χ2n) is 5.65. The minimum Gasteiger partial charge on any atom is -0.504 e. The van der Waals surface area contributed by atoms with Crippen LogP contribution in [-0.4, -0.2) is 45.5 Å². The summed E-state index contributed by atoms with van der Waals surface area (Å²) in [6.45, 7) is 3.42. The van der Waals surface area contributed by atoms with Gasteiger partial charge in [0.05, 0.1) is 7.11 Å². The van der Waals surface area contributed by atoms with Crippen molar-refractivity contribution in [2.45, 2.75) is 12.5 Å². The summed E-state index contributed by atoms with van der Waals surface area (Å²) in [5, 5.41) is 38.3. The predicted molar refractivity (Wildman–Crippen MR) is 96.7 cm³/mol. The Labute approximate surface area is 155 Å². The van der Waals surface area contributed by atoms with Crippen LogP contribution in [0.15, 0.2) is 49.1 Å². The van der Waals surface area contributed by atoms with Gasteiger partial charge < -0.3 is 25.2 Å². The van der Waals surface area contributed by atoms with Crippen molar-refractivity contribution in [2.75, 3.05) is 12.0 Å². The lowest BCUT2D eigenvalue weighted by molar-refractivity contribution is -0.143. The van der Waals surface area contributed by atoms with E-state index in [1.807, 2.05) is 0 Å². The molecule has 0 bridgehead atoms. The molecule has 1 atom stereocenters. The Morgan fingerprint density at radius 2 is 1.63 bits per heavy atom. The zero-order chi connectivity index (χ0) is 20.1. The average Bonchev–Trinajstić information content (AvgIpc) is 2.65. The first-order valence-electron chi connectivity index (χ1n) is 7.84. The molecule has 1 amide bonds. The second kappa shape index (κ2) is 8.13. The van der Waals surface area contributed by atoms with Crippen LogP contribution in [0.4, 0.5) is 5.69 Å². The van der Waals surface area contributed by atoms with E-state index in [1.165, 1.54) is 30.3 Å². The molecule has 142 valence electrons. The number of amides is 1. The predicted octanol–water partition coefficient (Wildman–Crippen LogP) is 1.81. The summed E-state index contributed by atoms with van der Waals surface area (Å²) in [4.78, 5) is 25.9. The van der Waals surface area contributed by atoms with Crippen LogP contribution in [0.3, 0.4) is 0 Å². The summed E-state index contributed by atoms with van der Waals surface area (Å²) in [7, 11) is 1.16. The zero-order valence-corrected chi connectivity index (χ0v) is 14.5. The number of rotatable bonds is 6. The first kappa shape index (κ1) is 19.6. The molecule has 8 heteroatoms. The Morgan fingerprint density at radius 1 is 1.04 bits per heavy atom. The van der Waals surface area contributed by atoms with Gasteiger partial charge in [-0.25, -0.2) is 4.79 Å². The van der Waals surface area contributed by atoms with E-state index in [4.69, 9.17) is 4.74 Å². The van der Waals surface area contributed by atoms with E-state index in [0.717, 1.165) is 24.2 Å². The number of hydrogen-bond acceptors (Lipinski definition) is 7. The van der Waals surface area contributed by atoms with Gasteiger partial charge >= 0.3 is 5.97 Å². The fraction of sp³-hybridized carbons (Fsp3) is 0.158. The van der Waals surface area contributed by atoms with Gasteiger partial charge in [0, 0.05) is 18.2 Å². The number of aromatic hydroxyl groups is 4. The Kier molecular flexibility index (Phi) is 5.92. The number of nitrogens with zero attached hydrogens (tertiary/aromatic N) is 1. The smallest absolute Gasteiger partial charge is 0.329 e. The monoisotopic (exact) mass is 373 g/mol. The van der Waals surface area contributed by atoms with Gasteiger partial charge in [0.15, 0.2) is 23.0 Å². The molecule has 8 nitrogen and oxygen atoms in total. The molecular formula is C19H19NO7. The van der Waals surface area contributed by atoms with E-state index in [9.17, 15) is 30.0 Å². The van der Waals surface area contributed by atoms with Crippen molar-refractivity contribution in [1.82, 2.24) is 0 Å². The molecular weight excluding hydrogens is 354 g/mol. The maximum absolute atomic E-state index is 12.4. The van der Waals surface area contributed by atoms with Gasteiger partial charge in [0.25, 0.3) is 5.91 Å². The number of phenolic OH excluding ortho intramolecular Hbond substituents is 4. The van der Waals surface area contributed by atoms with E-state index in [0.29, 0.717) is 5.56 Å². The summed E-state index contributed by atoms with van der Waals surface area (Å²) >= 11 is 0. The second-order valence-corrected chi connectivity index (χ2v) is 5.65. The van der Waals surface area contributed by atoms with Gasteiger partial charge in [-0.05, 0) is 35.9 Å². The van der Waals surface area contributed by atoms with Gasteiger partial charge in [0.1, 0.15) is 6.04 Å².